The van der Waals surface area contributed by atoms with Gasteiger partial charge >= 0.3 is 0 Å². The van der Waals surface area contributed by atoms with E-state index in [9.17, 15) is 4.79 Å². The second-order valence-corrected chi connectivity index (χ2v) is 5.62. The lowest BCUT2D eigenvalue weighted by Crippen LogP contribution is -2.24. The van der Waals surface area contributed by atoms with Gasteiger partial charge in [-0.1, -0.05) is 40.7 Å². The van der Waals surface area contributed by atoms with E-state index in [1.54, 1.807) is 18.2 Å². The zero-order chi connectivity index (χ0) is 17.2. The molecule has 124 valence electrons. The molecule has 0 aliphatic heterocycles. The van der Waals surface area contributed by atoms with E-state index in [-0.39, 0.29) is 12.5 Å². The quantitative estimate of drug-likeness (QED) is 0.427. The molecule has 0 radical (unpaired) electrons. The van der Waals surface area contributed by atoms with Crippen LogP contribution >= 0.6 is 15.9 Å². The maximum absolute atomic E-state index is 11.7. The van der Waals surface area contributed by atoms with Gasteiger partial charge in [0.1, 0.15) is 18.1 Å². The van der Waals surface area contributed by atoms with Gasteiger partial charge in [-0.15, -0.1) is 0 Å². The van der Waals surface area contributed by atoms with Gasteiger partial charge in [0, 0.05) is 4.47 Å². The zero-order valence-corrected chi connectivity index (χ0v) is 14.5. The number of nitrogens with one attached hydrogen (secondary N) is 1. The molecular weight excluding hydrogens is 372 g/mol. The number of carbonyl (C=O) groups is 1. The molecule has 0 unspecified atom stereocenters. The number of hydrogen-bond acceptors (Lipinski definition) is 4. The molecule has 0 atom stereocenters. The van der Waals surface area contributed by atoms with E-state index in [0.717, 1.165) is 10.0 Å². The molecule has 0 spiro atoms. The van der Waals surface area contributed by atoms with Crippen LogP contribution in [0, 0.1) is 0 Å². The lowest BCUT2D eigenvalue weighted by Gasteiger charge is -2.05. The van der Waals surface area contributed by atoms with Gasteiger partial charge < -0.3 is 9.47 Å². The summed E-state index contributed by atoms with van der Waals surface area (Å²) < 4.78 is 11.7. The SMILES string of the molecule is C=CCOc1cccc(/C=N\NC(=O)COc2ccc(Br)cc2)c1. The molecule has 0 bridgehead atoms. The summed E-state index contributed by atoms with van der Waals surface area (Å²) in [6.45, 7) is 3.92. The van der Waals surface area contributed by atoms with Crippen LogP contribution in [0.1, 0.15) is 5.56 Å². The second kappa shape index (κ2) is 9.52. The maximum Gasteiger partial charge on any atom is 0.277 e. The molecule has 0 aliphatic rings. The summed E-state index contributed by atoms with van der Waals surface area (Å²) in [5.74, 6) is 0.987. The molecular formula is C18H17BrN2O3. The second-order valence-electron chi connectivity index (χ2n) is 4.71. The summed E-state index contributed by atoms with van der Waals surface area (Å²) in [6, 6.07) is 14.6. The molecule has 1 N–H and O–H groups in total. The van der Waals surface area contributed by atoms with E-state index in [1.807, 2.05) is 36.4 Å². The Bertz CT molecular complexity index is 714. The fraction of sp³-hybridized carbons (Fsp3) is 0.111. The van der Waals surface area contributed by atoms with Crippen LogP contribution in [0.3, 0.4) is 0 Å². The summed E-state index contributed by atoms with van der Waals surface area (Å²) in [4.78, 5) is 11.7. The van der Waals surface area contributed by atoms with E-state index in [0.29, 0.717) is 18.1 Å². The van der Waals surface area contributed by atoms with Crippen molar-refractivity contribution in [1.29, 1.82) is 0 Å². The third-order valence-corrected chi connectivity index (χ3v) is 3.34. The lowest BCUT2D eigenvalue weighted by molar-refractivity contribution is -0.123. The lowest BCUT2D eigenvalue weighted by atomic mass is 10.2. The van der Waals surface area contributed by atoms with E-state index in [4.69, 9.17) is 9.47 Å². The number of rotatable bonds is 8. The standard InChI is InChI=1S/C18H17BrN2O3/c1-2-10-23-17-5-3-4-14(11-17)12-20-21-18(22)13-24-16-8-6-15(19)7-9-16/h2-9,11-12H,1,10,13H2,(H,21,22)/b20-12-. The minimum Gasteiger partial charge on any atom is -0.490 e. The minimum atomic E-state index is -0.340. The first-order valence-electron chi connectivity index (χ1n) is 7.21. The van der Waals surface area contributed by atoms with Gasteiger partial charge in [-0.25, -0.2) is 5.43 Å². The highest BCUT2D eigenvalue weighted by molar-refractivity contribution is 9.10. The maximum atomic E-state index is 11.7. The average Bonchev–Trinajstić information content (AvgIpc) is 2.60. The topological polar surface area (TPSA) is 59.9 Å². The van der Waals surface area contributed by atoms with Crippen LogP contribution in [0.5, 0.6) is 11.5 Å². The molecule has 0 fully saturated rings. The van der Waals surface area contributed by atoms with Crippen LogP contribution in [0.15, 0.2) is 70.8 Å². The Hall–Kier alpha value is -2.60. The van der Waals surface area contributed by atoms with Crippen molar-refractivity contribution in [2.45, 2.75) is 0 Å². The molecule has 24 heavy (non-hydrogen) atoms. The van der Waals surface area contributed by atoms with E-state index in [2.05, 4.69) is 33.0 Å². The summed E-state index contributed by atoms with van der Waals surface area (Å²) in [6.07, 6.45) is 3.21. The molecule has 6 heteroatoms. The van der Waals surface area contributed by atoms with Crippen LogP contribution in [-0.2, 0) is 4.79 Å². The van der Waals surface area contributed by atoms with E-state index < -0.39 is 0 Å². The van der Waals surface area contributed by atoms with Gasteiger partial charge in [0.2, 0.25) is 0 Å². The first-order chi connectivity index (χ1) is 11.7. The van der Waals surface area contributed by atoms with Crippen molar-refractivity contribution in [3.63, 3.8) is 0 Å². The van der Waals surface area contributed by atoms with Crippen molar-refractivity contribution in [3.05, 3.63) is 71.2 Å². The highest BCUT2D eigenvalue weighted by Crippen LogP contribution is 2.15. The fourth-order valence-corrected chi connectivity index (χ4v) is 1.99. The molecule has 2 rings (SSSR count). The third-order valence-electron chi connectivity index (χ3n) is 2.81. The average molecular weight is 389 g/mol. The third kappa shape index (κ3) is 6.26. The molecule has 0 heterocycles. The van der Waals surface area contributed by atoms with Crippen LogP contribution in [0.4, 0.5) is 0 Å². The Morgan fingerprint density at radius 3 is 2.71 bits per heavy atom. The number of hydrazone groups is 1. The Morgan fingerprint density at radius 2 is 1.96 bits per heavy atom. The molecule has 2 aromatic carbocycles. The molecule has 2 aromatic rings. The van der Waals surface area contributed by atoms with Crippen molar-refractivity contribution in [2.75, 3.05) is 13.2 Å². The van der Waals surface area contributed by atoms with Gasteiger partial charge in [0.25, 0.3) is 5.91 Å². The number of ether oxygens (including phenoxy) is 2. The predicted octanol–water partition coefficient (Wildman–Crippen LogP) is 3.54. The highest BCUT2D eigenvalue weighted by atomic mass is 79.9. The Kier molecular flexibility index (Phi) is 7.04. The Labute approximate surface area is 149 Å². The van der Waals surface area contributed by atoms with Gasteiger partial charge in [-0.3, -0.25) is 4.79 Å². The van der Waals surface area contributed by atoms with Crippen LogP contribution in [-0.4, -0.2) is 25.3 Å². The summed E-state index contributed by atoms with van der Waals surface area (Å²) in [5, 5.41) is 3.90. The van der Waals surface area contributed by atoms with Gasteiger partial charge in [-0.05, 0) is 42.0 Å². The van der Waals surface area contributed by atoms with Crippen molar-refractivity contribution in [3.8, 4) is 11.5 Å². The van der Waals surface area contributed by atoms with Crippen LogP contribution in [0.2, 0.25) is 0 Å². The fourth-order valence-electron chi connectivity index (χ4n) is 1.73. The predicted molar refractivity (Wildman–Crippen MR) is 97.5 cm³/mol. The van der Waals surface area contributed by atoms with Crippen LogP contribution in [0.25, 0.3) is 0 Å². The van der Waals surface area contributed by atoms with Crippen LogP contribution < -0.4 is 14.9 Å². The molecule has 0 aliphatic carbocycles. The van der Waals surface area contributed by atoms with Crippen molar-refractivity contribution >= 4 is 28.1 Å². The number of benzene rings is 2. The molecule has 1 amide bonds. The largest absolute Gasteiger partial charge is 0.490 e. The number of carbonyl (C=O) groups excluding carboxylic acids is 1. The molecule has 5 nitrogen and oxygen atoms in total. The number of hydrogen-bond donors (Lipinski definition) is 1. The normalized spacial score (nSPS) is 10.4. The van der Waals surface area contributed by atoms with Crippen molar-refractivity contribution in [2.24, 2.45) is 5.10 Å². The molecule has 0 aromatic heterocycles. The molecule has 0 saturated carbocycles. The Morgan fingerprint density at radius 1 is 1.17 bits per heavy atom. The van der Waals surface area contributed by atoms with Crippen molar-refractivity contribution in [1.82, 2.24) is 5.43 Å². The zero-order valence-electron chi connectivity index (χ0n) is 12.9. The number of amides is 1. The van der Waals surface area contributed by atoms with Gasteiger partial charge in [0.05, 0.1) is 6.21 Å². The first-order valence-corrected chi connectivity index (χ1v) is 8.00. The number of halogens is 1. The highest BCUT2D eigenvalue weighted by Gasteiger charge is 2.01. The summed E-state index contributed by atoms with van der Waals surface area (Å²) >= 11 is 3.33. The van der Waals surface area contributed by atoms with E-state index in [1.165, 1.54) is 6.21 Å². The monoisotopic (exact) mass is 388 g/mol. The van der Waals surface area contributed by atoms with Crippen molar-refractivity contribution < 1.29 is 14.3 Å². The first kappa shape index (κ1) is 17.7. The minimum absolute atomic E-state index is 0.110. The molecule has 0 saturated heterocycles. The smallest absolute Gasteiger partial charge is 0.277 e. The Balaban J connectivity index is 1.79. The van der Waals surface area contributed by atoms with Gasteiger partial charge in [-0.2, -0.15) is 5.10 Å². The summed E-state index contributed by atoms with van der Waals surface area (Å²) in [5.41, 5.74) is 3.23. The van der Waals surface area contributed by atoms with E-state index >= 15 is 0 Å². The number of nitrogens with zero attached hydrogens (tertiary/aromatic N) is 1. The van der Waals surface area contributed by atoms with Gasteiger partial charge in [0.15, 0.2) is 6.61 Å². The summed E-state index contributed by atoms with van der Waals surface area (Å²) in [7, 11) is 0.